The third-order valence-electron chi connectivity index (χ3n) is 5.89. The molecule has 1 atom stereocenters. The third-order valence-corrected chi connectivity index (χ3v) is 5.89. The minimum Gasteiger partial charge on any atom is -0.352 e. The van der Waals surface area contributed by atoms with Crippen molar-refractivity contribution in [2.45, 2.75) is 38.1 Å². The topological polar surface area (TPSA) is 49.4 Å². The molecule has 1 heterocycles. The molecule has 1 saturated heterocycles. The molecule has 2 aromatic carbocycles. The van der Waals surface area contributed by atoms with Gasteiger partial charge in [0.05, 0.1) is 0 Å². The number of likely N-dealkylation sites (tertiary alicyclic amines) is 1. The first-order valence-corrected chi connectivity index (χ1v) is 10.0. The summed E-state index contributed by atoms with van der Waals surface area (Å²) in [5.74, 6) is -0.238. The Morgan fingerprint density at radius 1 is 1.04 bits per heavy atom. The molecule has 0 aromatic heterocycles. The highest BCUT2D eigenvalue weighted by molar-refractivity contribution is 6.01. The average molecular weight is 380 g/mol. The van der Waals surface area contributed by atoms with Gasteiger partial charge in [0.2, 0.25) is 5.91 Å². The van der Waals surface area contributed by atoms with Crippen molar-refractivity contribution in [1.82, 2.24) is 10.2 Å². The summed E-state index contributed by atoms with van der Waals surface area (Å²) in [4.78, 5) is 27.1. The van der Waals surface area contributed by atoms with Gasteiger partial charge in [0.1, 0.15) is 5.82 Å². The van der Waals surface area contributed by atoms with Crippen LogP contribution < -0.4 is 5.32 Å². The van der Waals surface area contributed by atoms with Crippen molar-refractivity contribution in [3.05, 3.63) is 59.9 Å². The standard InChI is InChI=1S/C23H25FN2O2/c24-21-12-6-5-10-19(21)18-9-3-4-11-20(18)23(28)25-14-16-13-22(27)26(15-16)17-7-1-2-8-17/h3-6,9-12,16-17H,1-2,7-8,13-15H2,(H,25,28). The molecule has 4 nitrogen and oxygen atoms in total. The lowest BCUT2D eigenvalue weighted by Gasteiger charge is -2.24. The molecule has 0 spiro atoms. The minimum atomic E-state index is -0.351. The third kappa shape index (κ3) is 3.79. The quantitative estimate of drug-likeness (QED) is 0.852. The van der Waals surface area contributed by atoms with Crippen molar-refractivity contribution < 1.29 is 14.0 Å². The van der Waals surface area contributed by atoms with Gasteiger partial charge in [-0.3, -0.25) is 9.59 Å². The molecule has 0 radical (unpaired) electrons. The van der Waals surface area contributed by atoms with Gasteiger partial charge < -0.3 is 10.2 Å². The maximum atomic E-state index is 14.2. The summed E-state index contributed by atoms with van der Waals surface area (Å²) in [5, 5.41) is 2.96. The number of carbonyl (C=O) groups is 2. The van der Waals surface area contributed by atoms with E-state index in [1.807, 2.05) is 4.90 Å². The van der Waals surface area contributed by atoms with Crippen LogP contribution in [0.2, 0.25) is 0 Å². The van der Waals surface area contributed by atoms with Gasteiger partial charge >= 0.3 is 0 Å². The number of nitrogens with zero attached hydrogens (tertiary/aromatic N) is 1. The zero-order chi connectivity index (χ0) is 19.5. The number of hydrogen-bond acceptors (Lipinski definition) is 2. The number of rotatable bonds is 5. The minimum absolute atomic E-state index is 0.137. The average Bonchev–Trinajstić information content (AvgIpc) is 3.36. The molecule has 1 aliphatic heterocycles. The van der Waals surface area contributed by atoms with Crippen molar-refractivity contribution >= 4 is 11.8 Å². The second-order valence-electron chi connectivity index (χ2n) is 7.79. The van der Waals surface area contributed by atoms with Crippen molar-refractivity contribution in [2.24, 2.45) is 5.92 Å². The Hall–Kier alpha value is -2.69. The Bertz CT molecular complexity index is 876. The smallest absolute Gasteiger partial charge is 0.251 e. The Morgan fingerprint density at radius 3 is 2.46 bits per heavy atom. The first-order valence-electron chi connectivity index (χ1n) is 10.0. The molecule has 146 valence electrons. The molecule has 0 bridgehead atoms. The van der Waals surface area contributed by atoms with Crippen LogP contribution >= 0.6 is 0 Å². The van der Waals surface area contributed by atoms with Crippen molar-refractivity contribution in [1.29, 1.82) is 0 Å². The van der Waals surface area contributed by atoms with E-state index in [4.69, 9.17) is 0 Å². The predicted octanol–water partition coefficient (Wildman–Crippen LogP) is 4.01. The lowest BCUT2D eigenvalue weighted by molar-refractivity contribution is -0.129. The number of hydrogen-bond donors (Lipinski definition) is 1. The molecule has 28 heavy (non-hydrogen) atoms. The lowest BCUT2D eigenvalue weighted by atomic mass is 9.98. The summed E-state index contributed by atoms with van der Waals surface area (Å²) < 4.78 is 14.2. The molecule has 4 rings (SSSR count). The number of amides is 2. The highest BCUT2D eigenvalue weighted by atomic mass is 19.1. The maximum Gasteiger partial charge on any atom is 0.251 e. The predicted molar refractivity (Wildman–Crippen MR) is 106 cm³/mol. The van der Waals surface area contributed by atoms with Gasteiger partial charge in [-0.15, -0.1) is 0 Å². The highest BCUT2D eigenvalue weighted by Gasteiger charge is 2.35. The van der Waals surface area contributed by atoms with E-state index >= 15 is 0 Å². The number of nitrogens with one attached hydrogen (secondary N) is 1. The molecule has 2 aromatic rings. The van der Waals surface area contributed by atoms with Crippen LogP contribution in [0.4, 0.5) is 4.39 Å². The van der Waals surface area contributed by atoms with E-state index < -0.39 is 0 Å². The summed E-state index contributed by atoms with van der Waals surface area (Å²) in [7, 11) is 0. The first kappa shape index (κ1) is 18.7. The summed E-state index contributed by atoms with van der Waals surface area (Å²) in [6.07, 6.45) is 5.08. The molecule has 1 aliphatic carbocycles. The number of halogens is 1. The highest BCUT2D eigenvalue weighted by Crippen LogP contribution is 2.30. The van der Waals surface area contributed by atoms with Crippen molar-refractivity contribution in [3.8, 4) is 11.1 Å². The number of carbonyl (C=O) groups excluding carboxylic acids is 2. The van der Waals surface area contributed by atoms with E-state index in [9.17, 15) is 14.0 Å². The molecular formula is C23H25FN2O2. The van der Waals surface area contributed by atoms with Gasteiger partial charge in [-0.2, -0.15) is 0 Å². The van der Waals surface area contributed by atoms with E-state index in [2.05, 4.69) is 5.32 Å². The Morgan fingerprint density at radius 2 is 1.71 bits per heavy atom. The van der Waals surface area contributed by atoms with E-state index in [0.717, 1.165) is 19.4 Å². The van der Waals surface area contributed by atoms with E-state index in [1.54, 1.807) is 42.5 Å². The van der Waals surface area contributed by atoms with Crippen molar-refractivity contribution in [2.75, 3.05) is 13.1 Å². The molecular weight excluding hydrogens is 355 g/mol. The van der Waals surface area contributed by atoms with Gasteiger partial charge in [0, 0.05) is 42.6 Å². The fraction of sp³-hybridized carbons (Fsp3) is 0.391. The van der Waals surface area contributed by atoms with E-state index in [1.165, 1.54) is 18.9 Å². The van der Waals surface area contributed by atoms with E-state index in [-0.39, 0.29) is 23.5 Å². The van der Waals surface area contributed by atoms with Crippen LogP contribution in [0, 0.1) is 11.7 Å². The van der Waals surface area contributed by atoms with Gasteiger partial charge in [0.25, 0.3) is 5.91 Å². The number of benzene rings is 2. The molecule has 1 saturated carbocycles. The van der Waals surface area contributed by atoms with Gasteiger partial charge in [0.15, 0.2) is 0 Å². The van der Waals surface area contributed by atoms with Crippen LogP contribution in [0.15, 0.2) is 48.5 Å². The van der Waals surface area contributed by atoms with Gasteiger partial charge in [-0.25, -0.2) is 4.39 Å². The van der Waals surface area contributed by atoms with Crippen LogP contribution in [0.25, 0.3) is 11.1 Å². The van der Waals surface area contributed by atoms with Gasteiger partial charge in [-0.1, -0.05) is 49.2 Å². The monoisotopic (exact) mass is 380 g/mol. The summed E-state index contributed by atoms with van der Waals surface area (Å²) in [5.41, 5.74) is 1.44. The Kier molecular flexibility index (Phi) is 5.42. The fourth-order valence-corrected chi connectivity index (χ4v) is 4.44. The normalized spacial score (nSPS) is 20.0. The largest absolute Gasteiger partial charge is 0.352 e. The van der Waals surface area contributed by atoms with Gasteiger partial charge in [-0.05, 0) is 30.5 Å². The van der Waals surface area contributed by atoms with Crippen LogP contribution in [-0.4, -0.2) is 35.8 Å². The SMILES string of the molecule is O=C(NCC1CC(=O)N(C2CCCC2)C1)c1ccccc1-c1ccccc1F. The Labute approximate surface area is 164 Å². The molecule has 1 unspecified atom stereocenters. The zero-order valence-corrected chi connectivity index (χ0v) is 15.9. The first-order chi connectivity index (χ1) is 13.6. The molecule has 2 aliphatic rings. The van der Waals surface area contributed by atoms with Crippen LogP contribution in [-0.2, 0) is 4.79 Å². The Balaban J connectivity index is 1.43. The zero-order valence-electron chi connectivity index (χ0n) is 15.9. The van der Waals surface area contributed by atoms with Crippen molar-refractivity contribution in [3.63, 3.8) is 0 Å². The van der Waals surface area contributed by atoms with E-state index in [0.29, 0.717) is 35.7 Å². The summed E-state index contributed by atoms with van der Waals surface area (Å²) in [6, 6.07) is 13.9. The van der Waals surface area contributed by atoms with Crippen LogP contribution in [0.5, 0.6) is 0 Å². The lowest BCUT2D eigenvalue weighted by Crippen LogP contribution is -2.36. The summed E-state index contributed by atoms with van der Waals surface area (Å²) >= 11 is 0. The molecule has 5 heteroatoms. The molecule has 1 N–H and O–H groups in total. The second kappa shape index (κ2) is 8.13. The van der Waals surface area contributed by atoms with Crippen LogP contribution in [0.3, 0.4) is 0 Å². The molecule has 2 fully saturated rings. The molecule has 2 amide bonds. The van der Waals surface area contributed by atoms with Crippen LogP contribution in [0.1, 0.15) is 42.5 Å². The summed E-state index contributed by atoms with van der Waals surface area (Å²) in [6.45, 7) is 1.18. The fourth-order valence-electron chi connectivity index (χ4n) is 4.44. The second-order valence-corrected chi connectivity index (χ2v) is 7.79. The maximum absolute atomic E-state index is 14.2.